The Morgan fingerprint density at radius 2 is 1.68 bits per heavy atom. The van der Waals surface area contributed by atoms with Crippen LogP contribution in [0.25, 0.3) is 16.7 Å². The van der Waals surface area contributed by atoms with Crippen LogP contribution >= 0.6 is 0 Å². The molecular weight excluding hydrogens is 453 g/mol. The van der Waals surface area contributed by atoms with Crippen LogP contribution in [0.5, 0.6) is 0 Å². The number of benzene rings is 2. The molecule has 2 aromatic carbocycles. The van der Waals surface area contributed by atoms with E-state index in [0.717, 1.165) is 28.3 Å². The van der Waals surface area contributed by atoms with E-state index in [0.29, 0.717) is 11.1 Å². The van der Waals surface area contributed by atoms with E-state index < -0.39 is 34.7 Å². The minimum absolute atomic E-state index is 0.00307. The third-order valence-electron chi connectivity index (χ3n) is 5.08. The van der Waals surface area contributed by atoms with E-state index in [9.17, 15) is 27.6 Å². The number of alkyl halides is 3. The zero-order valence-corrected chi connectivity index (χ0v) is 17.9. The molecule has 0 saturated heterocycles. The minimum atomic E-state index is -4.58. The number of hydrazine groups is 1. The Morgan fingerprint density at radius 3 is 2.38 bits per heavy atom. The lowest BCUT2D eigenvalue weighted by atomic mass is 10.1. The van der Waals surface area contributed by atoms with Crippen LogP contribution in [0.1, 0.15) is 37.9 Å². The molecule has 34 heavy (non-hydrogen) atoms. The summed E-state index contributed by atoms with van der Waals surface area (Å²) in [6, 6.07) is 12.3. The van der Waals surface area contributed by atoms with Crippen LogP contribution < -0.4 is 16.3 Å². The Kier molecular flexibility index (Phi) is 5.70. The Morgan fingerprint density at radius 1 is 0.971 bits per heavy atom. The van der Waals surface area contributed by atoms with Crippen LogP contribution in [0.3, 0.4) is 0 Å². The fourth-order valence-corrected chi connectivity index (χ4v) is 3.40. The van der Waals surface area contributed by atoms with Gasteiger partial charge < -0.3 is 4.42 Å². The first-order valence-corrected chi connectivity index (χ1v) is 9.93. The van der Waals surface area contributed by atoms with Crippen molar-refractivity contribution in [3.8, 4) is 5.69 Å². The number of furan rings is 1. The number of halogens is 3. The van der Waals surface area contributed by atoms with Gasteiger partial charge in [0.2, 0.25) is 5.43 Å². The molecule has 0 atom stereocenters. The van der Waals surface area contributed by atoms with Crippen LogP contribution in [0.15, 0.2) is 63.8 Å². The number of carbonyl (C=O) groups is 2. The number of nitrogens with zero attached hydrogens (tertiary/aromatic N) is 2. The second-order valence-corrected chi connectivity index (χ2v) is 7.42. The summed E-state index contributed by atoms with van der Waals surface area (Å²) in [5, 5.41) is 4.64. The molecule has 2 aromatic heterocycles. The Balaban J connectivity index is 1.58. The van der Waals surface area contributed by atoms with Crippen LogP contribution in [0, 0.1) is 13.8 Å². The number of amides is 2. The van der Waals surface area contributed by atoms with Crippen molar-refractivity contribution < 1.29 is 27.2 Å². The van der Waals surface area contributed by atoms with E-state index >= 15 is 0 Å². The maximum Gasteiger partial charge on any atom is 0.416 e. The van der Waals surface area contributed by atoms with Gasteiger partial charge in [0, 0.05) is 22.7 Å². The molecule has 2 N–H and O–H groups in total. The number of hydrogen-bond donors (Lipinski definition) is 2. The zero-order chi connectivity index (χ0) is 24.6. The van der Waals surface area contributed by atoms with Crippen molar-refractivity contribution in [2.45, 2.75) is 20.0 Å². The SMILES string of the molecule is Cc1c(C(=O)NNC(=O)c2nn(-c3cccc(C(F)(F)F)c3)c(C)cc2=O)oc2ccccc12. The molecule has 0 radical (unpaired) electrons. The first kappa shape index (κ1) is 22.8. The summed E-state index contributed by atoms with van der Waals surface area (Å²) in [6.45, 7) is 3.14. The molecule has 0 bridgehead atoms. The van der Waals surface area contributed by atoms with Gasteiger partial charge in [-0.2, -0.15) is 18.3 Å². The quantitative estimate of drug-likeness (QED) is 0.445. The van der Waals surface area contributed by atoms with E-state index in [2.05, 4.69) is 16.0 Å². The molecule has 4 rings (SSSR count). The standard InChI is InChI=1S/C23H17F3N4O4/c1-12-10-17(31)19(29-30(12)15-7-5-6-14(11-15)23(24,25)26)21(32)27-28-22(33)20-13(2)16-8-3-4-9-18(16)34-20/h3-11H,1-2H3,(H,27,32)(H,28,33). The maximum atomic E-state index is 13.1. The van der Waals surface area contributed by atoms with Gasteiger partial charge in [-0.05, 0) is 38.1 Å². The van der Waals surface area contributed by atoms with Crippen LogP contribution in [-0.2, 0) is 6.18 Å². The molecule has 0 aliphatic rings. The normalized spacial score (nSPS) is 11.4. The number of para-hydroxylation sites is 1. The average Bonchev–Trinajstić information content (AvgIpc) is 3.13. The summed E-state index contributed by atoms with van der Waals surface area (Å²) in [7, 11) is 0. The van der Waals surface area contributed by atoms with E-state index in [4.69, 9.17) is 4.42 Å². The second kappa shape index (κ2) is 8.50. The molecule has 4 aromatic rings. The summed E-state index contributed by atoms with van der Waals surface area (Å²) < 4.78 is 45.8. The number of aromatic nitrogens is 2. The van der Waals surface area contributed by atoms with Crippen molar-refractivity contribution in [2.24, 2.45) is 0 Å². The molecule has 174 valence electrons. The molecular formula is C23H17F3N4O4. The fourth-order valence-electron chi connectivity index (χ4n) is 3.40. The molecule has 2 heterocycles. The van der Waals surface area contributed by atoms with Crippen LogP contribution in [-0.4, -0.2) is 21.6 Å². The van der Waals surface area contributed by atoms with Crippen molar-refractivity contribution in [3.05, 3.63) is 93.1 Å². The second-order valence-electron chi connectivity index (χ2n) is 7.42. The number of rotatable bonds is 3. The van der Waals surface area contributed by atoms with E-state index in [1.165, 1.54) is 19.1 Å². The van der Waals surface area contributed by atoms with Crippen molar-refractivity contribution >= 4 is 22.8 Å². The molecule has 11 heteroatoms. The van der Waals surface area contributed by atoms with Crippen molar-refractivity contribution in [1.29, 1.82) is 0 Å². The molecule has 0 fully saturated rings. The van der Waals surface area contributed by atoms with E-state index in [1.807, 2.05) is 0 Å². The lowest BCUT2D eigenvalue weighted by Gasteiger charge is -2.13. The zero-order valence-electron chi connectivity index (χ0n) is 17.9. The first-order chi connectivity index (χ1) is 16.1. The smallest absolute Gasteiger partial charge is 0.416 e. The number of nitrogens with one attached hydrogen (secondary N) is 2. The highest BCUT2D eigenvalue weighted by molar-refractivity contribution is 6.00. The highest BCUT2D eigenvalue weighted by Gasteiger charge is 2.30. The van der Waals surface area contributed by atoms with E-state index in [1.54, 1.807) is 31.2 Å². The van der Waals surface area contributed by atoms with Gasteiger partial charge in [0.25, 0.3) is 5.91 Å². The number of carbonyl (C=O) groups excluding carboxylic acids is 2. The fraction of sp³-hybridized carbons (Fsp3) is 0.130. The van der Waals surface area contributed by atoms with Gasteiger partial charge in [-0.3, -0.25) is 25.2 Å². The molecule has 2 amide bonds. The van der Waals surface area contributed by atoms with Gasteiger partial charge in [0.05, 0.1) is 11.3 Å². The van der Waals surface area contributed by atoms with Crippen LogP contribution in [0.4, 0.5) is 13.2 Å². The van der Waals surface area contributed by atoms with E-state index in [-0.39, 0.29) is 17.1 Å². The van der Waals surface area contributed by atoms with Gasteiger partial charge in [-0.1, -0.05) is 24.3 Å². The number of aryl methyl sites for hydroxylation is 2. The predicted molar refractivity (Wildman–Crippen MR) is 115 cm³/mol. The largest absolute Gasteiger partial charge is 0.451 e. The lowest BCUT2D eigenvalue weighted by Crippen LogP contribution is -2.44. The Bertz CT molecular complexity index is 1490. The lowest BCUT2D eigenvalue weighted by molar-refractivity contribution is -0.137. The first-order valence-electron chi connectivity index (χ1n) is 9.93. The van der Waals surface area contributed by atoms with Gasteiger partial charge >= 0.3 is 12.1 Å². The van der Waals surface area contributed by atoms with Gasteiger partial charge in [0.1, 0.15) is 5.58 Å². The van der Waals surface area contributed by atoms with Crippen molar-refractivity contribution in [3.63, 3.8) is 0 Å². The summed E-state index contributed by atoms with van der Waals surface area (Å²) in [6.07, 6.45) is -4.58. The highest BCUT2D eigenvalue weighted by Crippen LogP contribution is 2.30. The third-order valence-corrected chi connectivity index (χ3v) is 5.08. The van der Waals surface area contributed by atoms with Crippen molar-refractivity contribution in [2.75, 3.05) is 0 Å². The summed E-state index contributed by atoms with van der Waals surface area (Å²) >= 11 is 0. The van der Waals surface area contributed by atoms with Gasteiger partial charge in [-0.25, -0.2) is 4.68 Å². The molecule has 0 unspecified atom stereocenters. The topological polar surface area (TPSA) is 106 Å². The Labute approximate surface area is 190 Å². The molecule has 8 nitrogen and oxygen atoms in total. The summed E-state index contributed by atoms with van der Waals surface area (Å²) in [4.78, 5) is 37.4. The molecule has 0 saturated carbocycles. The number of hydrogen-bond acceptors (Lipinski definition) is 5. The molecule has 0 aliphatic carbocycles. The highest BCUT2D eigenvalue weighted by atomic mass is 19.4. The Hall–Kier alpha value is -4.41. The minimum Gasteiger partial charge on any atom is -0.451 e. The van der Waals surface area contributed by atoms with Gasteiger partial charge in [0.15, 0.2) is 11.5 Å². The monoisotopic (exact) mass is 470 g/mol. The molecule has 0 spiro atoms. The summed E-state index contributed by atoms with van der Waals surface area (Å²) in [5.41, 5.74) is 3.20. The summed E-state index contributed by atoms with van der Waals surface area (Å²) in [5.74, 6) is -1.83. The molecule has 0 aliphatic heterocycles. The third kappa shape index (κ3) is 4.27. The van der Waals surface area contributed by atoms with Gasteiger partial charge in [-0.15, -0.1) is 0 Å². The maximum absolute atomic E-state index is 13.1. The average molecular weight is 470 g/mol. The number of fused-ring (bicyclic) bond motifs is 1. The predicted octanol–water partition coefficient (Wildman–Crippen LogP) is 3.69. The van der Waals surface area contributed by atoms with Crippen molar-refractivity contribution in [1.82, 2.24) is 20.6 Å². The van der Waals surface area contributed by atoms with Crippen LogP contribution in [0.2, 0.25) is 0 Å².